The first kappa shape index (κ1) is 21.6. The minimum atomic E-state index is -3.55. The van der Waals surface area contributed by atoms with Crippen LogP contribution in [0.3, 0.4) is 0 Å². The number of nitrogens with one attached hydrogen (secondary N) is 1. The lowest BCUT2D eigenvalue weighted by atomic mass is 10.1. The van der Waals surface area contributed by atoms with Crippen LogP contribution in [0.25, 0.3) is 0 Å². The van der Waals surface area contributed by atoms with Crippen molar-refractivity contribution in [1.82, 2.24) is 4.72 Å². The Labute approximate surface area is 159 Å². The lowest BCUT2D eigenvalue weighted by Gasteiger charge is -2.38. The van der Waals surface area contributed by atoms with E-state index in [1.807, 2.05) is 20.8 Å². The molecule has 0 spiro atoms. The first-order valence-electron chi connectivity index (χ1n) is 9.17. The van der Waals surface area contributed by atoms with Gasteiger partial charge in [-0.05, 0) is 51.0 Å². The predicted molar refractivity (Wildman–Crippen MR) is 107 cm³/mol. The van der Waals surface area contributed by atoms with E-state index in [9.17, 15) is 8.42 Å². The van der Waals surface area contributed by atoms with Gasteiger partial charge in [0.2, 0.25) is 10.0 Å². The first-order valence-corrected chi connectivity index (χ1v) is 13.6. The molecule has 0 aromatic heterocycles. The molecule has 0 bridgehead atoms. The second-order valence-corrected chi connectivity index (χ2v) is 15.3. The molecule has 1 N–H and O–H groups in total. The Kier molecular flexibility index (Phi) is 6.10. The van der Waals surface area contributed by atoms with Crippen LogP contribution >= 0.6 is 0 Å². The van der Waals surface area contributed by atoms with Crippen molar-refractivity contribution in [2.75, 3.05) is 0 Å². The summed E-state index contributed by atoms with van der Waals surface area (Å²) in [6.45, 7) is 16.8. The van der Waals surface area contributed by atoms with Crippen LogP contribution in [-0.2, 0) is 19.2 Å². The van der Waals surface area contributed by atoms with E-state index >= 15 is 0 Å². The van der Waals surface area contributed by atoms with Crippen LogP contribution in [0.5, 0.6) is 0 Å². The summed E-state index contributed by atoms with van der Waals surface area (Å²) in [7, 11) is -5.43. The number of aryl methyl sites for hydroxylation is 1. The molecular weight excluding hydrogens is 366 g/mol. The summed E-state index contributed by atoms with van der Waals surface area (Å²) in [6, 6.07) is 6.53. The van der Waals surface area contributed by atoms with Crippen molar-refractivity contribution >= 4 is 18.3 Å². The van der Waals surface area contributed by atoms with Gasteiger partial charge >= 0.3 is 0 Å². The van der Waals surface area contributed by atoms with Gasteiger partial charge in [0.25, 0.3) is 0 Å². The SMILES string of the molecule is Cc1ccc(S(=O)(=O)N[C@@H](C)[C@H]2O[C@H]2[C@H](C)O[Si](C)(C)C(C)(C)C)cc1. The number of benzene rings is 1. The fraction of sp³-hybridized carbons (Fsp3) is 0.684. The van der Waals surface area contributed by atoms with Gasteiger partial charge in [0.05, 0.1) is 11.0 Å². The Hall–Kier alpha value is -0.733. The maximum absolute atomic E-state index is 12.5. The Morgan fingerprint density at radius 1 is 1.12 bits per heavy atom. The Morgan fingerprint density at radius 3 is 2.15 bits per heavy atom. The molecule has 1 aromatic carbocycles. The van der Waals surface area contributed by atoms with E-state index in [1.165, 1.54) is 0 Å². The van der Waals surface area contributed by atoms with Gasteiger partial charge in [-0.1, -0.05) is 38.5 Å². The highest BCUT2D eigenvalue weighted by molar-refractivity contribution is 7.89. The molecule has 7 heteroatoms. The molecule has 1 heterocycles. The molecule has 1 aromatic rings. The fourth-order valence-electron chi connectivity index (χ4n) is 2.72. The zero-order valence-corrected chi connectivity index (χ0v) is 19.0. The van der Waals surface area contributed by atoms with Crippen LogP contribution in [0.2, 0.25) is 18.1 Å². The Balaban J connectivity index is 1.96. The van der Waals surface area contributed by atoms with Crippen LogP contribution in [-0.4, -0.2) is 41.1 Å². The third-order valence-electron chi connectivity index (χ3n) is 5.48. The summed E-state index contributed by atoms with van der Waals surface area (Å²) in [6.07, 6.45) is -0.276. The lowest BCUT2D eigenvalue weighted by molar-refractivity contribution is 0.158. The van der Waals surface area contributed by atoms with Gasteiger partial charge in [-0.2, -0.15) is 0 Å². The molecule has 1 fully saturated rings. The smallest absolute Gasteiger partial charge is 0.240 e. The zero-order chi connectivity index (χ0) is 19.9. The normalized spacial score (nSPS) is 23.5. The van der Waals surface area contributed by atoms with Crippen molar-refractivity contribution < 1.29 is 17.6 Å². The minimum absolute atomic E-state index is 0.0489. The summed E-state index contributed by atoms with van der Waals surface area (Å²) >= 11 is 0. The van der Waals surface area contributed by atoms with Crippen molar-refractivity contribution in [2.45, 2.75) is 88.9 Å². The van der Waals surface area contributed by atoms with Crippen molar-refractivity contribution in [2.24, 2.45) is 0 Å². The van der Waals surface area contributed by atoms with Crippen molar-refractivity contribution in [3.05, 3.63) is 29.8 Å². The predicted octanol–water partition coefficient (Wildman–Crippen LogP) is 3.84. The van der Waals surface area contributed by atoms with Crippen LogP contribution in [0.4, 0.5) is 0 Å². The van der Waals surface area contributed by atoms with E-state index in [1.54, 1.807) is 24.3 Å². The Bertz CT molecular complexity index is 725. The highest BCUT2D eigenvalue weighted by Gasteiger charge is 2.50. The van der Waals surface area contributed by atoms with Crippen molar-refractivity contribution in [3.8, 4) is 0 Å². The summed E-state index contributed by atoms with van der Waals surface area (Å²) < 4.78 is 39.9. The fourth-order valence-corrected chi connectivity index (χ4v) is 5.39. The monoisotopic (exact) mass is 399 g/mol. The van der Waals surface area contributed by atoms with Gasteiger partial charge < -0.3 is 9.16 Å². The highest BCUT2D eigenvalue weighted by Crippen LogP contribution is 2.40. The summed E-state index contributed by atoms with van der Waals surface area (Å²) in [5.41, 5.74) is 1.03. The summed E-state index contributed by atoms with van der Waals surface area (Å²) in [5.74, 6) is 0. The van der Waals surface area contributed by atoms with Gasteiger partial charge in [0, 0.05) is 6.04 Å². The van der Waals surface area contributed by atoms with Gasteiger partial charge in [-0.25, -0.2) is 13.1 Å². The molecule has 0 saturated carbocycles. The van der Waals surface area contributed by atoms with Crippen molar-refractivity contribution in [3.63, 3.8) is 0 Å². The van der Waals surface area contributed by atoms with Crippen LogP contribution in [0.1, 0.15) is 40.2 Å². The zero-order valence-electron chi connectivity index (χ0n) is 17.2. The molecule has 1 aliphatic rings. The maximum Gasteiger partial charge on any atom is 0.240 e. The molecule has 5 nitrogen and oxygen atoms in total. The van der Waals surface area contributed by atoms with Crippen molar-refractivity contribution in [1.29, 1.82) is 0 Å². The average Bonchev–Trinajstić information content (AvgIpc) is 3.26. The number of ether oxygens (including phenoxy) is 1. The average molecular weight is 400 g/mol. The van der Waals surface area contributed by atoms with E-state index < -0.39 is 18.3 Å². The van der Waals surface area contributed by atoms with E-state index in [0.29, 0.717) is 0 Å². The molecule has 2 rings (SSSR count). The molecule has 0 amide bonds. The van der Waals surface area contributed by atoms with Crippen LogP contribution in [0, 0.1) is 6.92 Å². The van der Waals surface area contributed by atoms with E-state index in [4.69, 9.17) is 9.16 Å². The molecule has 4 atom stereocenters. The largest absolute Gasteiger partial charge is 0.411 e. The topological polar surface area (TPSA) is 67.9 Å². The molecule has 0 aliphatic carbocycles. The number of sulfonamides is 1. The van der Waals surface area contributed by atoms with Crippen LogP contribution < -0.4 is 4.72 Å². The number of rotatable bonds is 7. The maximum atomic E-state index is 12.5. The molecule has 0 unspecified atom stereocenters. The van der Waals surface area contributed by atoms with E-state index in [0.717, 1.165) is 5.56 Å². The third kappa shape index (κ3) is 4.95. The number of hydrogen-bond acceptors (Lipinski definition) is 4. The van der Waals surface area contributed by atoms with Gasteiger partial charge in [0.15, 0.2) is 8.32 Å². The second kappa shape index (κ2) is 7.35. The van der Waals surface area contributed by atoms with E-state index in [-0.39, 0.29) is 34.3 Å². The molecule has 1 saturated heterocycles. The number of hydrogen-bond donors (Lipinski definition) is 1. The Morgan fingerprint density at radius 2 is 1.65 bits per heavy atom. The number of epoxide rings is 1. The lowest BCUT2D eigenvalue weighted by Crippen LogP contribution is -2.45. The quantitative estimate of drug-likeness (QED) is 0.559. The molecule has 148 valence electrons. The van der Waals surface area contributed by atoms with Crippen LogP contribution in [0.15, 0.2) is 29.2 Å². The molecule has 26 heavy (non-hydrogen) atoms. The second-order valence-electron chi connectivity index (χ2n) is 8.87. The van der Waals surface area contributed by atoms with E-state index in [2.05, 4.69) is 38.6 Å². The third-order valence-corrected chi connectivity index (χ3v) is 11.6. The molecule has 1 aliphatic heterocycles. The standard InChI is InChI=1S/C19H33NO4SSi/c1-13-9-11-16(12-10-13)25(21,22)20-14(2)17-18(23-17)15(3)24-26(7,8)19(4,5)6/h9-12,14-15,17-18,20H,1-8H3/t14-,15-,17+,18-/m0/s1. The summed E-state index contributed by atoms with van der Waals surface area (Å²) in [5, 5.41) is 0.129. The highest BCUT2D eigenvalue weighted by atomic mass is 32.2. The summed E-state index contributed by atoms with van der Waals surface area (Å²) in [4.78, 5) is 0.276. The molecule has 0 radical (unpaired) electrons. The molecular formula is C19H33NO4SSi. The van der Waals surface area contributed by atoms with Gasteiger partial charge in [-0.15, -0.1) is 0 Å². The van der Waals surface area contributed by atoms with Gasteiger partial charge in [-0.3, -0.25) is 0 Å². The van der Waals surface area contributed by atoms with Gasteiger partial charge in [0.1, 0.15) is 12.2 Å². The minimum Gasteiger partial charge on any atom is -0.411 e. The first-order chi connectivity index (χ1) is 11.7.